The van der Waals surface area contributed by atoms with Crippen molar-refractivity contribution in [3.63, 3.8) is 0 Å². The average Bonchev–Trinajstić information content (AvgIpc) is 2.78. The zero-order valence-electron chi connectivity index (χ0n) is 12.3. The van der Waals surface area contributed by atoms with E-state index < -0.39 is 7.12 Å². The maximum Gasteiger partial charge on any atom is 0.491 e. The molecule has 0 bridgehead atoms. The summed E-state index contributed by atoms with van der Waals surface area (Å²) in [5.41, 5.74) is 7.89. The maximum absolute atomic E-state index is 6.00. The van der Waals surface area contributed by atoms with Crippen LogP contribution >= 0.6 is 0 Å². The predicted octanol–water partition coefficient (Wildman–Crippen LogP) is 1.69. The minimum atomic E-state index is -0.411. The van der Waals surface area contributed by atoms with Gasteiger partial charge in [-0.25, -0.2) is 4.98 Å². The number of imidazole rings is 1. The van der Waals surface area contributed by atoms with E-state index in [4.69, 9.17) is 15.0 Å². The van der Waals surface area contributed by atoms with Crippen LogP contribution in [0.2, 0.25) is 0 Å². The molecule has 2 rings (SSSR count). The van der Waals surface area contributed by atoms with E-state index in [0.29, 0.717) is 6.54 Å². The molecule has 0 aromatic carbocycles. The number of aryl methyl sites for hydroxylation is 1. The molecule has 5 nitrogen and oxygen atoms in total. The Hall–Kier alpha value is -1.11. The van der Waals surface area contributed by atoms with E-state index in [0.717, 1.165) is 16.9 Å². The van der Waals surface area contributed by atoms with Crippen molar-refractivity contribution in [2.75, 3.05) is 6.54 Å². The summed E-state index contributed by atoms with van der Waals surface area (Å²) >= 11 is 0. The molecule has 0 amide bonds. The Balaban J connectivity index is 2.26. The molecule has 2 heterocycles. The monoisotopic (exact) mass is 263 g/mol. The first kappa shape index (κ1) is 14.3. The van der Waals surface area contributed by atoms with Crippen LogP contribution in [-0.4, -0.2) is 34.8 Å². The molecule has 19 heavy (non-hydrogen) atoms. The molecule has 104 valence electrons. The summed E-state index contributed by atoms with van der Waals surface area (Å²) in [7, 11) is -0.411. The third kappa shape index (κ3) is 2.61. The highest BCUT2D eigenvalue weighted by Gasteiger charge is 2.52. The molecule has 0 saturated carbocycles. The second kappa shape index (κ2) is 4.78. The van der Waals surface area contributed by atoms with Gasteiger partial charge >= 0.3 is 7.12 Å². The van der Waals surface area contributed by atoms with Gasteiger partial charge in [-0.05, 0) is 46.2 Å². The van der Waals surface area contributed by atoms with Gasteiger partial charge in [-0.15, -0.1) is 0 Å². The van der Waals surface area contributed by atoms with E-state index in [2.05, 4.69) is 9.97 Å². The van der Waals surface area contributed by atoms with Crippen LogP contribution in [0.1, 0.15) is 39.1 Å². The van der Waals surface area contributed by atoms with Crippen LogP contribution in [0.5, 0.6) is 0 Å². The first-order valence-corrected chi connectivity index (χ1v) is 6.53. The van der Waals surface area contributed by atoms with Crippen molar-refractivity contribution in [3.05, 3.63) is 23.2 Å². The van der Waals surface area contributed by atoms with Crippen molar-refractivity contribution < 1.29 is 9.31 Å². The summed E-state index contributed by atoms with van der Waals surface area (Å²) in [5, 5.41) is 0. The van der Waals surface area contributed by atoms with Crippen molar-refractivity contribution in [1.29, 1.82) is 0 Å². The molecule has 1 aromatic heterocycles. The molecule has 6 heteroatoms. The van der Waals surface area contributed by atoms with Gasteiger partial charge in [0.15, 0.2) is 0 Å². The Morgan fingerprint density at radius 3 is 2.37 bits per heavy atom. The van der Waals surface area contributed by atoms with Crippen LogP contribution < -0.4 is 5.73 Å². The largest absolute Gasteiger partial charge is 0.491 e. The number of hydrogen-bond acceptors (Lipinski definition) is 4. The predicted molar refractivity (Wildman–Crippen MR) is 76.4 cm³/mol. The van der Waals surface area contributed by atoms with E-state index >= 15 is 0 Å². The quantitative estimate of drug-likeness (QED) is 0.814. The number of hydrogen-bond donors (Lipinski definition) is 2. The van der Waals surface area contributed by atoms with E-state index in [9.17, 15) is 0 Å². The molecular formula is C13H22BN3O2. The minimum Gasteiger partial charge on any atom is -0.400 e. The minimum absolute atomic E-state index is 0.355. The van der Waals surface area contributed by atoms with Crippen LogP contribution in [-0.2, 0) is 9.31 Å². The SMILES string of the molecule is Cc1[nH]cnc1C=C(CN)B1OC(C)(C)C(C)(C)O1. The lowest BCUT2D eigenvalue weighted by molar-refractivity contribution is 0.00578. The lowest BCUT2D eigenvalue weighted by Crippen LogP contribution is -2.41. The second-order valence-corrected chi connectivity index (χ2v) is 5.92. The van der Waals surface area contributed by atoms with Gasteiger partial charge in [0, 0.05) is 12.2 Å². The number of aromatic amines is 1. The number of rotatable bonds is 3. The molecule has 1 fully saturated rings. The third-order valence-corrected chi connectivity index (χ3v) is 3.98. The van der Waals surface area contributed by atoms with Crippen molar-refractivity contribution >= 4 is 13.2 Å². The molecule has 0 aliphatic carbocycles. The lowest BCUT2D eigenvalue weighted by Gasteiger charge is -2.32. The van der Waals surface area contributed by atoms with E-state index in [1.807, 2.05) is 40.7 Å². The second-order valence-electron chi connectivity index (χ2n) is 5.92. The van der Waals surface area contributed by atoms with Gasteiger partial charge in [0.2, 0.25) is 0 Å². The Kier molecular flexibility index (Phi) is 3.60. The van der Waals surface area contributed by atoms with Gasteiger partial charge < -0.3 is 20.0 Å². The highest BCUT2D eigenvalue weighted by Crippen LogP contribution is 2.38. The molecule has 1 aromatic rings. The fourth-order valence-corrected chi connectivity index (χ4v) is 1.91. The van der Waals surface area contributed by atoms with E-state index in [1.165, 1.54) is 0 Å². The van der Waals surface area contributed by atoms with Crippen molar-refractivity contribution in [3.8, 4) is 0 Å². The van der Waals surface area contributed by atoms with Gasteiger partial charge in [-0.1, -0.05) is 0 Å². The van der Waals surface area contributed by atoms with Gasteiger partial charge in [0.25, 0.3) is 0 Å². The number of nitrogens with two attached hydrogens (primary N) is 1. The zero-order chi connectivity index (χ0) is 14.3. The van der Waals surface area contributed by atoms with Crippen LogP contribution in [0.4, 0.5) is 0 Å². The summed E-state index contributed by atoms with van der Waals surface area (Å²) in [4.78, 5) is 7.29. The van der Waals surface area contributed by atoms with Crippen LogP contribution in [0.25, 0.3) is 6.08 Å². The normalized spacial score (nSPS) is 22.0. The number of nitrogens with zero attached hydrogens (tertiary/aromatic N) is 1. The van der Waals surface area contributed by atoms with Crippen LogP contribution in [0, 0.1) is 6.92 Å². The molecule has 0 atom stereocenters. The first-order chi connectivity index (χ1) is 8.77. The Morgan fingerprint density at radius 2 is 1.95 bits per heavy atom. The number of H-pyrrole nitrogens is 1. The molecule has 3 N–H and O–H groups in total. The summed E-state index contributed by atoms with van der Waals surface area (Å²) in [5.74, 6) is 0. The summed E-state index contributed by atoms with van der Waals surface area (Å²) < 4.78 is 12.0. The fraction of sp³-hybridized carbons (Fsp3) is 0.615. The summed E-state index contributed by atoms with van der Waals surface area (Å²) in [6.45, 7) is 10.5. The molecule has 0 unspecified atom stereocenters. The smallest absolute Gasteiger partial charge is 0.400 e. The first-order valence-electron chi connectivity index (χ1n) is 6.53. The highest BCUT2D eigenvalue weighted by atomic mass is 16.7. The van der Waals surface area contributed by atoms with Gasteiger partial charge in [0.1, 0.15) is 0 Å². The summed E-state index contributed by atoms with van der Waals surface area (Å²) in [6.07, 6.45) is 3.60. The third-order valence-electron chi connectivity index (χ3n) is 3.98. The van der Waals surface area contributed by atoms with Gasteiger partial charge in [0.05, 0.1) is 23.2 Å². The molecule has 1 aliphatic heterocycles. The van der Waals surface area contributed by atoms with Crippen LogP contribution in [0.15, 0.2) is 11.8 Å². The summed E-state index contributed by atoms with van der Waals surface area (Å²) in [6, 6.07) is 0. The van der Waals surface area contributed by atoms with Gasteiger partial charge in [-0.2, -0.15) is 0 Å². The van der Waals surface area contributed by atoms with E-state index in [-0.39, 0.29) is 11.2 Å². The zero-order valence-corrected chi connectivity index (χ0v) is 12.3. The van der Waals surface area contributed by atoms with Crippen LogP contribution in [0.3, 0.4) is 0 Å². The topological polar surface area (TPSA) is 73.2 Å². The Morgan fingerprint density at radius 1 is 1.37 bits per heavy atom. The molecule has 0 radical (unpaired) electrons. The Bertz CT molecular complexity index is 478. The van der Waals surface area contributed by atoms with Crippen molar-refractivity contribution in [2.45, 2.75) is 45.8 Å². The maximum atomic E-state index is 6.00. The van der Waals surface area contributed by atoms with Crippen molar-refractivity contribution in [2.24, 2.45) is 5.73 Å². The lowest BCUT2D eigenvalue weighted by atomic mass is 9.77. The molecule has 1 saturated heterocycles. The Labute approximate surface area is 114 Å². The number of aromatic nitrogens is 2. The standard InChI is InChI=1S/C13H22BN3O2/c1-9-11(17-8-16-9)6-10(7-15)14-18-12(2,3)13(4,5)19-14/h6,8H,7,15H2,1-5H3,(H,16,17). The number of nitrogens with one attached hydrogen (secondary N) is 1. The molecule has 1 aliphatic rings. The fourth-order valence-electron chi connectivity index (χ4n) is 1.91. The average molecular weight is 263 g/mol. The van der Waals surface area contributed by atoms with Crippen molar-refractivity contribution in [1.82, 2.24) is 9.97 Å². The highest BCUT2D eigenvalue weighted by molar-refractivity contribution is 6.55. The molecule has 0 spiro atoms. The molecular weight excluding hydrogens is 241 g/mol. The van der Waals surface area contributed by atoms with Gasteiger partial charge in [-0.3, -0.25) is 0 Å². The van der Waals surface area contributed by atoms with E-state index in [1.54, 1.807) is 6.33 Å².